The van der Waals surface area contributed by atoms with Crippen molar-refractivity contribution in [3.05, 3.63) is 60.3 Å². The van der Waals surface area contributed by atoms with E-state index in [1.807, 2.05) is 30.5 Å². The largest absolute Gasteiger partial charge is 0.361 e. The van der Waals surface area contributed by atoms with Gasteiger partial charge in [0.25, 0.3) is 0 Å². The maximum absolute atomic E-state index is 12.5. The number of aromatic amines is 1. The van der Waals surface area contributed by atoms with Crippen molar-refractivity contribution in [3.8, 4) is 0 Å². The Hall–Kier alpha value is -2.64. The second kappa shape index (κ2) is 7.94. The first-order chi connectivity index (χ1) is 13.0. The predicted octanol–water partition coefficient (Wildman–Crippen LogP) is 3.38. The molecular weight excluding hydrogens is 362 g/mol. The quantitative estimate of drug-likeness (QED) is 0.654. The van der Waals surface area contributed by atoms with Gasteiger partial charge in [0.15, 0.2) is 0 Å². The fourth-order valence-electron chi connectivity index (χ4n) is 3.08. The van der Waals surface area contributed by atoms with Gasteiger partial charge < -0.3 is 10.3 Å². The Morgan fingerprint density at radius 2 is 1.70 bits per heavy atom. The predicted molar refractivity (Wildman–Crippen MR) is 107 cm³/mol. The van der Waals surface area contributed by atoms with E-state index in [1.54, 1.807) is 26.0 Å². The lowest BCUT2D eigenvalue weighted by Gasteiger charge is -2.18. The Bertz CT molecular complexity index is 1040. The summed E-state index contributed by atoms with van der Waals surface area (Å²) < 4.78 is 26.4. The lowest BCUT2D eigenvalue weighted by molar-refractivity contribution is -0.115. The van der Waals surface area contributed by atoms with Gasteiger partial charge in [0.1, 0.15) is 0 Å². The molecule has 0 atom stereocenters. The zero-order valence-electron chi connectivity index (χ0n) is 15.4. The number of sulfonamides is 1. The van der Waals surface area contributed by atoms with E-state index in [4.69, 9.17) is 0 Å². The molecule has 1 heterocycles. The summed E-state index contributed by atoms with van der Waals surface area (Å²) in [4.78, 5) is 15.7. The standard InChI is InChI=1S/C20H23N3O3S/c1-3-23(4-2)27(25,26)17-11-9-16(10-12-17)22-20(24)13-15-14-21-19-8-6-5-7-18(15)19/h5-12,14,21H,3-4,13H2,1-2H3,(H,22,24). The smallest absolute Gasteiger partial charge is 0.243 e. The van der Waals surface area contributed by atoms with Crippen molar-refractivity contribution in [1.82, 2.24) is 9.29 Å². The third-order valence-corrected chi connectivity index (χ3v) is 6.57. The second-order valence-corrected chi connectivity index (χ2v) is 8.14. The van der Waals surface area contributed by atoms with Crippen molar-refractivity contribution in [2.24, 2.45) is 0 Å². The highest BCUT2D eigenvalue weighted by atomic mass is 32.2. The summed E-state index contributed by atoms with van der Waals surface area (Å²) in [5, 5.41) is 3.84. The normalized spacial score (nSPS) is 11.8. The van der Waals surface area contributed by atoms with E-state index < -0.39 is 10.0 Å². The average molecular weight is 385 g/mol. The fraction of sp³-hybridized carbons (Fsp3) is 0.250. The molecule has 0 saturated carbocycles. The number of para-hydroxylation sites is 1. The van der Waals surface area contributed by atoms with E-state index in [0.717, 1.165) is 16.5 Å². The minimum absolute atomic E-state index is 0.154. The van der Waals surface area contributed by atoms with E-state index in [-0.39, 0.29) is 17.2 Å². The number of benzene rings is 2. The molecule has 0 spiro atoms. The first kappa shape index (κ1) is 19.1. The topological polar surface area (TPSA) is 82.3 Å². The number of carbonyl (C=O) groups excluding carboxylic acids is 1. The van der Waals surface area contributed by atoms with Crippen LogP contribution in [0.3, 0.4) is 0 Å². The van der Waals surface area contributed by atoms with Gasteiger partial charge in [-0.1, -0.05) is 32.0 Å². The number of aromatic nitrogens is 1. The minimum atomic E-state index is -3.50. The van der Waals surface area contributed by atoms with E-state index in [2.05, 4.69) is 10.3 Å². The number of H-pyrrole nitrogens is 1. The third-order valence-electron chi connectivity index (χ3n) is 4.51. The number of nitrogens with one attached hydrogen (secondary N) is 2. The molecular formula is C20H23N3O3S. The Morgan fingerprint density at radius 1 is 1.04 bits per heavy atom. The Labute approximate surface area is 159 Å². The number of amides is 1. The summed E-state index contributed by atoms with van der Waals surface area (Å²) in [5.41, 5.74) is 2.48. The van der Waals surface area contributed by atoms with Crippen molar-refractivity contribution in [1.29, 1.82) is 0 Å². The molecule has 2 aromatic carbocycles. The average Bonchev–Trinajstić information content (AvgIpc) is 3.06. The lowest BCUT2D eigenvalue weighted by Crippen LogP contribution is -2.30. The molecule has 0 saturated heterocycles. The van der Waals surface area contributed by atoms with Gasteiger partial charge in [-0.3, -0.25) is 4.79 Å². The number of fused-ring (bicyclic) bond motifs is 1. The van der Waals surface area contributed by atoms with Crippen LogP contribution in [-0.4, -0.2) is 36.7 Å². The van der Waals surface area contributed by atoms with Crippen molar-refractivity contribution >= 4 is 32.5 Å². The molecule has 2 N–H and O–H groups in total. The zero-order chi connectivity index (χ0) is 19.4. The van der Waals surface area contributed by atoms with E-state index in [0.29, 0.717) is 18.8 Å². The number of carbonyl (C=O) groups is 1. The lowest BCUT2D eigenvalue weighted by atomic mass is 10.1. The van der Waals surface area contributed by atoms with Gasteiger partial charge in [-0.2, -0.15) is 4.31 Å². The van der Waals surface area contributed by atoms with Gasteiger partial charge in [-0.25, -0.2) is 8.42 Å². The maximum atomic E-state index is 12.5. The summed E-state index contributed by atoms with van der Waals surface area (Å²) in [6.07, 6.45) is 2.08. The van der Waals surface area contributed by atoms with E-state index in [9.17, 15) is 13.2 Å². The molecule has 0 unspecified atom stereocenters. The molecule has 3 aromatic rings. The van der Waals surface area contributed by atoms with Crippen LogP contribution in [0.1, 0.15) is 19.4 Å². The van der Waals surface area contributed by atoms with Crippen LogP contribution in [0.15, 0.2) is 59.6 Å². The summed E-state index contributed by atoms with van der Waals surface area (Å²) in [6, 6.07) is 14.1. The van der Waals surface area contributed by atoms with Gasteiger partial charge in [0.05, 0.1) is 11.3 Å². The van der Waals surface area contributed by atoms with Crippen LogP contribution in [-0.2, 0) is 21.2 Å². The van der Waals surface area contributed by atoms with Gasteiger partial charge >= 0.3 is 0 Å². The highest BCUT2D eigenvalue weighted by Gasteiger charge is 2.21. The first-order valence-electron chi connectivity index (χ1n) is 8.90. The minimum Gasteiger partial charge on any atom is -0.361 e. The van der Waals surface area contributed by atoms with Crippen LogP contribution >= 0.6 is 0 Å². The number of rotatable bonds is 7. The molecule has 3 rings (SSSR count). The second-order valence-electron chi connectivity index (χ2n) is 6.20. The van der Waals surface area contributed by atoms with Crippen LogP contribution in [0.25, 0.3) is 10.9 Å². The van der Waals surface area contributed by atoms with Crippen LogP contribution < -0.4 is 5.32 Å². The molecule has 1 aromatic heterocycles. The third kappa shape index (κ3) is 4.04. The fourth-order valence-corrected chi connectivity index (χ4v) is 4.54. The maximum Gasteiger partial charge on any atom is 0.243 e. The van der Waals surface area contributed by atoms with Crippen molar-refractivity contribution in [3.63, 3.8) is 0 Å². The van der Waals surface area contributed by atoms with Gasteiger partial charge in [-0.15, -0.1) is 0 Å². The number of hydrogen-bond donors (Lipinski definition) is 2. The summed E-state index contributed by atoms with van der Waals surface area (Å²) >= 11 is 0. The van der Waals surface area contributed by atoms with Gasteiger partial charge in [0, 0.05) is 35.9 Å². The molecule has 27 heavy (non-hydrogen) atoms. The van der Waals surface area contributed by atoms with Crippen LogP contribution in [0.2, 0.25) is 0 Å². The Kier molecular flexibility index (Phi) is 5.62. The highest BCUT2D eigenvalue weighted by Crippen LogP contribution is 2.20. The van der Waals surface area contributed by atoms with Gasteiger partial charge in [0.2, 0.25) is 15.9 Å². The van der Waals surface area contributed by atoms with Crippen LogP contribution in [0.4, 0.5) is 5.69 Å². The Balaban J connectivity index is 1.70. The van der Waals surface area contributed by atoms with Crippen molar-refractivity contribution < 1.29 is 13.2 Å². The van der Waals surface area contributed by atoms with E-state index >= 15 is 0 Å². The molecule has 0 radical (unpaired) electrons. The van der Waals surface area contributed by atoms with E-state index in [1.165, 1.54) is 16.4 Å². The number of hydrogen-bond acceptors (Lipinski definition) is 3. The molecule has 0 aliphatic carbocycles. The first-order valence-corrected chi connectivity index (χ1v) is 10.3. The molecule has 0 aliphatic heterocycles. The van der Waals surface area contributed by atoms with Crippen LogP contribution in [0, 0.1) is 0 Å². The molecule has 0 aliphatic rings. The Morgan fingerprint density at radius 3 is 2.37 bits per heavy atom. The SMILES string of the molecule is CCN(CC)S(=O)(=O)c1ccc(NC(=O)Cc2c[nH]c3ccccc23)cc1. The van der Waals surface area contributed by atoms with Crippen molar-refractivity contribution in [2.45, 2.75) is 25.2 Å². The molecule has 0 fully saturated rings. The van der Waals surface area contributed by atoms with Crippen molar-refractivity contribution in [2.75, 3.05) is 18.4 Å². The van der Waals surface area contributed by atoms with Gasteiger partial charge in [-0.05, 0) is 35.9 Å². The highest BCUT2D eigenvalue weighted by molar-refractivity contribution is 7.89. The monoisotopic (exact) mass is 385 g/mol. The zero-order valence-corrected chi connectivity index (χ0v) is 16.2. The molecule has 7 heteroatoms. The number of nitrogens with zero attached hydrogens (tertiary/aromatic N) is 1. The molecule has 0 bridgehead atoms. The molecule has 142 valence electrons. The molecule has 6 nitrogen and oxygen atoms in total. The number of anilines is 1. The summed E-state index contributed by atoms with van der Waals surface area (Å²) in [5.74, 6) is -0.154. The summed E-state index contributed by atoms with van der Waals surface area (Å²) in [6.45, 7) is 4.45. The summed E-state index contributed by atoms with van der Waals surface area (Å²) in [7, 11) is -3.50. The molecule has 1 amide bonds. The van der Waals surface area contributed by atoms with Crippen LogP contribution in [0.5, 0.6) is 0 Å².